The Balaban J connectivity index is 1.37. The van der Waals surface area contributed by atoms with Gasteiger partial charge in [0.05, 0.1) is 0 Å². The van der Waals surface area contributed by atoms with Crippen LogP contribution in [0, 0.1) is 0 Å². The summed E-state index contributed by atoms with van der Waals surface area (Å²) < 4.78 is 0. The highest BCUT2D eigenvalue weighted by Crippen LogP contribution is 2.48. The Kier molecular flexibility index (Phi) is 3.65. The zero-order chi connectivity index (χ0) is 21.1. The molecule has 0 N–H and O–H groups in total. The summed E-state index contributed by atoms with van der Waals surface area (Å²) >= 11 is 0. The minimum Gasteiger partial charge on any atom is -0.0616 e. The van der Waals surface area contributed by atoms with Crippen LogP contribution in [-0.2, 0) is 0 Å². The first-order chi connectivity index (χ1) is 15.9. The maximum Gasteiger partial charge on any atom is -0.00259 e. The summed E-state index contributed by atoms with van der Waals surface area (Å²) in [5, 5.41) is 5.26. The Labute approximate surface area is 187 Å². The molecule has 0 amide bonds. The third-order valence-corrected chi connectivity index (χ3v) is 6.80. The van der Waals surface area contributed by atoms with E-state index in [1.54, 1.807) is 0 Å². The summed E-state index contributed by atoms with van der Waals surface area (Å²) in [4.78, 5) is 0. The molecule has 6 aromatic rings. The molecule has 0 saturated heterocycles. The van der Waals surface area contributed by atoms with Gasteiger partial charge in [0.2, 0.25) is 0 Å². The van der Waals surface area contributed by atoms with Crippen molar-refractivity contribution in [1.82, 2.24) is 0 Å². The van der Waals surface area contributed by atoms with E-state index in [9.17, 15) is 0 Å². The van der Waals surface area contributed by atoms with Gasteiger partial charge in [0.15, 0.2) is 0 Å². The lowest BCUT2D eigenvalue weighted by Crippen LogP contribution is -1.84. The highest BCUT2D eigenvalue weighted by molar-refractivity contribution is 6.16. The van der Waals surface area contributed by atoms with E-state index in [2.05, 4.69) is 121 Å². The van der Waals surface area contributed by atoms with Gasteiger partial charge in [-0.1, -0.05) is 109 Å². The van der Waals surface area contributed by atoms with Gasteiger partial charge in [-0.3, -0.25) is 0 Å². The smallest absolute Gasteiger partial charge is 0.00259 e. The van der Waals surface area contributed by atoms with Crippen molar-refractivity contribution in [1.29, 1.82) is 0 Å². The molecule has 0 bridgehead atoms. The molecule has 148 valence electrons. The van der Waals surface area contributed by atoms with Crippen LogP contribution in [0.4, 0.5) is 0 Å². The molecule has 0 unspecified atom stereocenters. The monoisotopic (exact) mass is 404 g/mol. The molecule has 1 aliphatic carbocycles. The van der Waals surface area contributed by atoms with E-state index >= 15 is 0 Å². The molecule has 0 nitrogen and oxygen atoms in total. The fourth-order valence-corrected chi connectivity index (χ4v) is 5.30. The SMILES string of the molecule is c1ccc2c(c1)-c1cccc3cc(-c4ccc(-c5cccc6ccccc56)cc4)cc-2c13. The van der Waals surface area contributed by atoms with Crippen molar-refractivity contribution in [3.8, 4) is 44.5 Å². The summed E-state index contributed by atoms with van der Waals surface area (Å²) in [6.45, 7) is 0. The number of benzene rings is 6. The van der Waals surface area contributed by atoms with Crippen molar-refractivity contribution in [3.05, 3.63) is 121 Å². The fraction of sp³-hybridized carbons (Fsp3) is 0. The van der Waals surface area contributed by atoms with E-state index in [-0.39, 0.29) is 0 Å². The fourth-order valence-electron chi connectivity index (χ4n) is 5.30. The van der Waals surface area contributed by atoms with Crippen molar-refractivity contribution in [2.45, 2.75) is 0 Å². The predicted molar refractivity (Wildman–Crippen MR) is 137 cm³/mol. The second-order valence-electron chi connectivity index (χ2n) is 8.58. The van der Waals surface area contributed by atoms with Gasteiger partial charge >= 0.3 is 0 Å². The van der Waals surface area contributed by atoms with E-state index in [0.717, 1.165) is 0 Å². The number of fused-ring (bicyclic) bond motifs is 4. The minimum absolute atomic E-state index is 1.25. The maximum absolute atomic E-state index is 2.37. The summed E-state index contributed by atoms with van der Waals surface area (Å²) in [7, 11) is 0. The lowest BCUT2D eigenvalue weighted by molar-refractivity contribution is 1.62. The molecule has 0 radical (unpaired) electrons. The molecule has 0 spiro atoms. The Hall–Kier alpha value is -4.16. The van der Waals surface area contributed by atoms with Crippen molar-refractivity contribution < 1.29 is 0 Å². The molecule has 32 heavy (non-hydrogen) atoms. The zero-order valence-electron chi connectivity index (χ0n) is 17.5. The first-order valence-corrected chi connectivity index (χ1v) is 11.1. The lowest BCUT2D eigenvalue weighted by atomic mass is 9.94. The summed E-state index contributed by atoms with van der Waals surface area (Å²) in [6, 6.07) is 44.3. The average Bonchev–Trinajstić information content (AvgIpc) is 3.19. The highest BCUT2D eigenvalue weighted by atomic mass is 14.2. The number of rotatable bonds is 2. The first kappa shape index (κ1) is 17.5. The van der Waals surface area contributed by atoms with E-state index in [1.165, 1.54) is 66.1 Å². The predicted octanol–water partition coefficient (Wildman–Crippen LogP) is 8.97. The van der Waals surface area contributed by atoms with Gasteiger partial charge in [-0.2, -0.15) is 0 Å². The van der Waals surface area contributed by atoms with Crippen LogP contribution in [0.3, 0.4) is 0 Å². The molecule has 1 aliphatic rings. The second kappa shape index (κ2) is 6.67. The Bertz CT molecular complexity index is 1650. The molecule has 6 aromatic carbocycles. The van der Waals surface area contributed by atoms with Crippen LogP contribution in [0.2, 0.25) is 0 Å². The molecule has 0 heteroatoms. The number of hydrogen-bond donors (Lipinski definition) is 0. The molecule has 0 saturated carbocycles. The second-order valence-corrected chi connectivity index (χ2v) is 8.58. The molecule has 0 aliphatic heterocycles. The highest BCUT2D eigenvalue weighted by Gasteiger charge is 2.21. The van der Waals surface area contributed by atoms with E-state index in [1.807, 2.05) is 0 Å². The van der Waals surface area contributed by atoms with Gasteiger partial charge in [0, 0.05) is 0 Å². The third kappa shape index (κ3) is 2.50. The summed E-state index contributed by atoms with van der Waals surface area (Å²) in [6.07, 6.45) is 0. The quantitative estimate of drug-likeness (QED) is 0.270. The minimum atomic E-state index is 1.25. The maximum atomic E-state index is 2.37. The van der Waals surface area contributed by atoms with E-state index < -0.39 is 0 Å². The van der Waals surface area contributed by atoms with E-state index in [0.29, 0.717) is 0 Å². The molecule has 0 fully saturated rings. The normalized spacial score (nSPS) is 11.8. The van der Waals surface area contributed by atoms with Crippen LogP contribution >= 0.6 is 0 Å². The molecule has 0 atom stereocenters. The molecule has 7 rings (SSSR count). The van der Waals surface area contributed by atoms with Crippen molar-refractivity contribution in [2.24, 2.45) is 0 Å². The standard InChI is InChI=1S/C32H20/c1-2-10-26-22(7-1)8-5-13-27(26)23-17-15-21(16-18-23)25-19-24-9-6-14-30-28-11-3-4-12-29(28)31(20-25)32(24)30/h1-20H. The van der Waals surface area contributed by atoms with Gasteiger partial charge < -0.3 is 0 Å². The third-order valence-electron chi connectivity index (χ3n) is 6.80. The van der Waals surface area contributed by atoms with E-state index in [4.69, 9.17) is 0 Å². The Morgan fingerprint density at radius 3 is 1.75 bits per heavy atom. The summed E-state index contributed by atoms with van der Waals surface area (Å²) in [5.74, 6) is 0. The van der Waals surface area contributed by atoms with Crippen LogP contribution in [0.25, 0.3) is 66.1 Å². The topological polar surface area (TPSA) is 0 Å². The van der Waals surface area contributed by atoms with Gasteiger partial charge in [0.25, 0.3) is 0 Å². The van der Waals surface area contributed by atoms with Gasteiger partial charge in [-0.05, 0) is 78.2 Å². The Morgan fingerprint density at radius 1 is 0.312 bits per heavy atom. The van der Waals surface area contributed by atoms with Crippen LogP contribution in [0.15, 0.2) is 121 Å². The largest absolute Gasteiger partial charge is 0.0616 e. The zero-order valence-corrected chi connectivity index (χ0v) is 17.5. The Morgan fingerprint density at radius 2 is 0.906 bits per heavy atom. The van der Waals surface area contributed by atoms with Crippen molar-refractivity contribution in [2.75, 3.05) is 0 Å². The van der Waals surface area contributed by atoms with Crippen LogP contribution in [0.1, 0.15) is 0 Å². The molecular weight excluding hydrogens is 384 g/mol. The molecular formula is C32H20. The summed E-state index contributed by atoms with van der Waals surface area (Å²) in [5.41, 5.74) is 10.4. The van der Waals surface area contributed by atoms with Crippen LogP contribution in [0.5, 0.6) is 0 Å². The van der Waals surface area contributed by atoms with Gasteiger partial charge in [-0.15, -0.1) is 0 Å². The first-order valence-electron chi connectivity index (χ1n) is 11.1. The van der Waals surface area contributed by atoms with Gasteiger partial charge in [0.1, 0.15) is 0 Å². The van der Waals surface area contributed by atoms with Crippen LogP contribution in [-0.4, -0.2) is 0 Å². The number of hydrogen-bond acceptors (Lipinski definition) is 0. The molecule has 0 heterocycles. The average molecular weight is 405 g/mol. The van der Waals surface area contributed by atoms with Gasteiger partial charge in [-0.25, -0.2) is 0 Å². The van der Waals surface area contributed by atoms with Crippen molar-refractivity contribution >= 4 is 21.5 Å². The lowest BCUT2D eigenvalue weighted by Gasteiger charge is -2.10. The van der Waals surface area contributed by atoms with Crippen LogP contribution < -0.4 is 0 Å². The van der Waals surface area contributed by atoms with Crippen molar-refractivity contribution in [3.63, 3.8) is 0 Å². The molecule has 0 aromatic heterocycles.